The molecule has 0 saturated carbocycles. The fraction of sp³-hybridized carbons (Fsp3) is 0.400. The van der Waals surface area contributed by atoms with Crippen molar-refractivity contribution in [2.75, 3.05) is 13.2 Å². The number of esters is 1. The number of rotatable bonds is 4. The maximum Gasteiger partial charge on any atom is 0.330 e. The third-order valence-electron chi connectivity index (χ3n) is 0.612. The molecule has 4 heteroatoms. The Balaban J connectivity index is 3.07. The van der Waals surface area contributed by atoms with Gasteiger partial charge < -0.3 is 9.26 Å². The summed E-state index contributed by atoms with van der Waals surface area (Å²) in [6, 6.07) is 0. The lowest BCUT2D eigenvalue weighted by Gasteiger charge is -1.97. The Bertz CT molecular complexity index is 102. The summed E-state index contributed by atoms with van der Waals surface area (Å²) in [5, 5.41) is 0. The van der Waals surface area contributed by atoms with E-state index in [9.17, 15) is 4.79 Å². The largest absolute Gasteiger partial charge is 0.460 e. The lowest BCUT2D eigenvalue weighted by molar-refractivity contribution is -0.138. The van der Waals surface area contributed by atoms with E-state index >= 15 is 0 Å². The Morgan fingerprint density at radius 1 is 1.67 bits per heavy atom. The summed E-state index contributed by atoms with van der Waals surface area (Å²) in [5.41, 5.74) is 0. The summed E-state index contributed by atoms with van der Waals surface area (Å²) in [6.45, 7) is 3.88. The van der Waals surface area contributed by atoms with Crippen LogP contribution in [0.1, 0.15) is 0 Å². The van der Waals surface area contributed by atoms with E-state index in [0.717, 1.165) is 6.08 Å². The molecule has 0 bridgehead atoms. The predicted octanol–water partition coefficient (Wildman–Crippen LogP) is 0.522. The molecule has 0 aromatic rings. The van der Waals surface area contributed by atoms with Crippen molar-refractivity contribution in [2.45, 2.75) is 0 Å². The van der Waals surface area contributed by atoms with Crippen LogP contribution < -0.4 is 0 Å². The van der Waals surface area contributed by atoms with E-state index < -0.39 is 5.97 Å². The van der Waals surface area contributed by atoms with Crippen LogP contribution in [0.25, 0.3) is 0 Å². The number of hydrogen-bond acceptors (Lipinski definition) is 3. The molecule has 0 spiro atoms. The van der Waals surface area contributed by atoms with Gasteiger partial charge in [-0.3, -0.25) is 0 Å². The van der Waals surface area contributed by atoms with Crippen LogP contribution in [-0.4, -0.2) is 19.2 Å². The molecule has 0 rings (SSSR count). The molecule has 3 nitrogen and oxygen atoms in total. The summed E-state index contributed by atoms with van der Waals surface area (Å²) >= 11 is 0. The smallest absolute Gasteiger partial charge is 0.330 e. The lowest BCUT2D eigenvalue weighted by Crippen LogP contribution is -2.04. The molecule has 0 aliphatic rings. The second-order valence-corrected chi connectivity index (χ2v) is 1.58. The molecule has 0 radical (unpaired) electrons. The molecule has 0 aliphatic carbocycles. The summed E-state index contributed by atoms with van der Waals surface area (Å²) in [5.74, 6) is -0.419. The minimum atomic E-state index is -0.419. The van der Waals surface area contributed by atoms with Crippen molar-refractivity contribution in [1.82, 2.24) is 0 Å². The van der Waals surface area contributed by atoms with Gasteiger partial charge in [-0.15, -0.1) is 0 Å². The molecule has 0 heterocycles. The van der Waals surface area contributed by atoms with Crippen LogP contribution in [0.15, 0.2) is 12.7 Å². The van der Waals surface area contributed by atoms with Crippen LogP contribution in [0.2, 0.25) is 0 Å². The minimum Gasteiger partial charge on any atom is -0.460 e. The molecular weight excluding hydrogens is 139 g/mol. The summed E-state index contributed by atoms with van der Waals surface area (Å²) in [4.78, 5) is 10.3. The van der Waals surface area contributed by atoms with Crippen molar-refractivity contribution < 1.29 is 14.1 Å². The summed E-state index contributed by atoms with van der Waals surface area (Å²) < 4.78 is 9.08. The quantitative estimate of drug-likeness (QED) is 0.252. The van der Waals surface area contributed by atoms with Gasteiger partial charge in [0, 0.05) is 15.5 Å². The first kappa shape index (κ1) is 8.60. The van der Waals surface area contributed by atoms with Crippen LogP contribution in [0.5, 0.6) is 0 Å². The van der Waals surface area contributed by atoms with E-state index in [1.807, 2.05) is 0 Å². The van der Waals surface area contributed by atoms with Gasteiger partial charge in [-0.25, -0.2) is 4.79 Å². The number of carbonyl (C=O) groups excluding carboxylic acids is 1. The highest BCUT2D eigenvalue weighted by Gasteiger charge is 1.91. The van der Waals surface area contributed by atoms with Gasteiger partial charge in [0.2, 0.25) is 0 Å². The summed E-state index contributed by atoms with van der Waals surface area (Å²) in [7, 11) is 2.06. The maximum absolute atomic E-state index is 10.3. The van der Waals surface area contributed by atoms with Crippen LogP contribution >= 0.6 is 9.47 Å². The average Bonchev–Trinajstić information content (AvgIpc) is 1.89. The van der Waals surface area contributed by atoms with Crippen LogP contribution in [0.4, 0.5) is 0 Å². The molecule has 1 atom stereocenters. The molecule has 0 aromatic heterocycles. The first-order chi connectivity index (χ1) is 4.31. The highest BCUT2D eigenvalue weighted by atomic mass is 31.0. The van der Waals surface area contributed by atoms with E-state index in [2.05, 4.69) is 25.3 Å². The number of ether oxygens (including phenoxy) is 1. The Kier molecular flexibility index (Phi) is 5.48. The van der Waals surface area contributed by atoms with Gasteiger partial charge in [0.05, 0.1) is 6.61 Å². The average molecular weight is 148 g/mol. The normalized spacial score (nSPS) is 8.56. The third kappa shape index (κ3) is 5.47. The highest BCUT2D eigenvalue weighted by Crippen LogP contribution is 1.85. The SMILES string of the molecule is C=CC(=O)OCCOP. The Labute approximate surface area is 56.3 Å². The van der Waals surface area contributed by atoms with Crippen molar-refractivity contribution in [3.05, 3.63) is 12.7 Å². The van der Waals surface area contributed by atoms with Crippen LogP contribution in [0.3, 0.4) is 0 Å². The number of hydrogen-bond donors (Lipinski definition) is 0. The van der Waals surface area contributed by atoms with E-state index in [4.69, 9.17) is 0 Å². The molecule has 1 unspecified atom stereocenters. The van der Waals surface area contributed by atoms with Gasteiger partial charge >= 0.3 is 5.97 Å². The molecule has 9 heavy (non-hydrogen) atoms. The maximum atomic E-state index is 10.3. The van der Waals surface area contributed by atoms with Gasteiger partial charge in [-0.2, -0.15) is 0 Å². The fourth-order valence-corrected chi connectivity index (χ4v) is 0.346. The topological polar surface area (TPSA) is 35.5 Å². The molecule has 0 amide bonds. The van der Waals surface area contributed by atoms with Crippen molar-refractivity contribution >= 4 is 15.4 Å². The van der Waals surface area contributed by atoms with Gasteiger partial charge in [0.15, 0.2) is 0 Å². The lowest BCUT2D eigenvalue weighted by atomic mass is 10.6. The first-order valence-electron chi connectivity index (χ1n) is 2.42. The molecule has 52 valence electrons. The molecule has 0 N–H and O–H groups in total. The van der Waals surface area contributed by atoms with E-state index in [1.54, 1.807) is 0 Å². The van der Waals surface area contributed by atoms with Crippen molar-refractivity contribution in [2.24, 2.45) is 0 Å². The Hall–Kier alpha value is -0.400. The second-order valence-electron chi connectivity index (χ2n) is 1.24. The monoisotopic (exact) mass is 148 g/mol. The molecule has 0 aliphatic heterocycles. The van der Waals surface area contributed by atoms with Gasteiger partial charge in [0.1, 0.15) is 6.61 Å². The minimum absolute atomic E-state index is 0.272. The van der Waals surface area contributed by atoms with Gasteiger partial charge in [-0.1, -0.05) is 6.58 Å². The zero-order chi connectivity index (χ0) is 7.11. The molecule has 0 fully saturated rings. The zero-order valence-corrected chi connectivity index (χ0v) is 6.16. The molecular formula is C5H9O3P. The Morgan fingerprint density at radius 2 is 2.33 bits per heavy atom. The molecule has 0 saturated heterocycles. The number of carbonyl (C=O) groups is 1. The predicted molar refractivity (Wildman–Crippen MR) is 36.8 cm³/mol. The summed E-state index contributed by atoms with van der Waals surface area (Å²) in [6.07, 6.45) is 1.11. The van der Waals surface area contributed by atoms with E-state index in [0.29, 0.717) is 6.61 Å². The van der Waals surface area contributed by atoms with Crippen molar-refractivity contribution in [3.63, 3.8) is 0 Å². The van der Waals surface area contributed by atoms with E-state index in [-0.39, 0.29) is 6.61 Å². The zero-order valence-electron chi connectivity index (χ0n) is 5.00. The fourth-order valence-electron chi connectivity index (χ4n) is 0.249. The van der Waals surface area contributed by atoms with Gasteiger partial charge in [0.25, 0.3) is 0 Å². The Morgan fingerprint density at radius 3 is 2.78 bits per heavy atom. The van der Waals surface area contributed by atoms with Crippen LogP contribution in [-0.2, 0) is 14.1 Å². The van der Waals surface area contributed by atoms with Gasteiger partial charge in [-0.05, 0) is 0 Å². The second kappa shape index (κ2) is 5.73. The highest BCUT2D eigenvalue weighted by molar-refractivity contribution is 7.09. The standard InChI is InChI=1S/C5H9O3P/c1-2-5(6)7-3-4-8-9/h2H,1,3-4,9H2. The van der Waals surface area contributed by atoms with Crippen LogP contribution in [0, 0.1) is 0 Å². The van der Waals surface area contributed by atoms with Crippen molar-refractivity contribution in [3.8, 4) is 0 Å². The van der Waals surface area contributed by atoms with E-state index in [1.165, 1.54) is 0 Å². The molecule has 0 aromatic carbocycles. The third-order valence-corrected chi connectivity index (χ3v) is 0.848. The first-order valence-corrected chi connectivity index (χ1v) is 2.89. The van der Waals surface area contributed by atoms with Crippen molar-refractivity contribution in [1.29, 1.82) is 0 Å².